The fourth-order valence-corrected chi connectivity index (χ4v) is 4.55. The molecule has 0 saturated carbocycles. The summed E-state index contributed by atoms with van der Waals surface area (Å²) in [7, 11) is 0. The number of ether oxygens (including phenoxy) is 2. The number of β-amino-alcohol motifs (C(OH)–C–C–N with tert-alkyl or cyclic N) is 1. The molecule has 45 heavy (non-hydrogen) atoms. The number of carbonyl (C=O) groups is 2. The zero-order chi connectivity index (χ0) is 31.8. The van der Waals surface area contributed by atoms with Crippen molar-refractivity contribution in [2.24, 2.45) is 10.8 Å². The number of benzene rings is 2. The molecule has 2 atom stereocenters. The van der Waals surface area contributed by atoms with Crippen LogP contribution in [0.4, 0.5) is 0 Å². The first kappa shape index (κ1) is 40.8. The molecule has 2 unspecified atom stereocenters. The molecule has 10 heteroatoms. The van der Waals surface area contributed by atoms with Crippen LogP contribution in [0.15, 0.2) is 60.7 Å². The minimum Gasteiger partial charge on any atom is -0.459 e. The molecule has 2 aromatic rings. The SMILES string of the molecule is CC(C)(C)C(=O)OC1CNC1.CC(c1ccccc1)N1CC(O)C1.CC(c1ccccc1)N1CC(OC(=O)C(C)(C)C)C1.Cl.Cl. The predicted molar refractivity (Wildman–Crippen MR) is 185 cm³/mol. The zero-order valence-corrected chi connectivity index (χ0v) is 29.8. The first-order chi connectivity index (χ1) is 20.1. The number of carbonyl (C=O) groups excluding carboxylic acids is 2. The number of nitrogens with one attached hydrogen (secondary N) is 1. The minimum atomic E-state index is -0.411. The van der Waals surface area contributed by atoms with Crippen LogP contribution in [0.5, 0.6) is 0 Å². The summed E-state index contributed by atoms with van der Waals surface area (Å²) in [4.78, 5) is 27.6. The van der Waals surface area contributed by atoms with Gasteiger partial charge in [-0.05, 0) is 66.5 Å². The van der Waals surface area contributed by atoms with Crippen LogP contribution in [0.3, 0.4) is 0 Å². The van der Waals surface area contributed by atoms with E-state index >= 15 is 0 Å². The van der Waals surface area contributed by atoms with E-state index in [1.807, 2.05) is 53.7 Å². The summed E-state index contributed by atoms with van der Waals surface area (Å²) in [6.07, 6.45) is 0.0609. The summed E-state index contributed by atoms with van der Waals surface area (Å²) < 4.78 is 10.6. The van der Waals surface area contributed by atoms with Crippen molar-refractivity contribution in [3.8, 4) is 0 Å². The maximum atomic E-state index is 11.8. The predicted octanol–water partition coefficient (Wildman–Crippen LogP) is 5.84. The molecule has 8 nitrogen and oxygen atoms in total. The molecule has 0 spiro atoms. The maximum absolute atomic E-state index is 11.8. The number of halogens is 2. The largest absolute Gasteiger partial charge is 0.459 e. The average molecular weight is 669 g/mol. The summed E-state index contributed by atoms with van der Waals surface area (Å²) in [5, 5.41) is 12.2. The average Bonchev–Trinajstić information content (AvgIpc) is 2.90. The highest BCUT2D eigenvalue weighted by atomic mass is 35.5. The molecule has 0 aliphatic carbocycles. The lowest BCUT2D eigenvalue weighted by atomic mass is 9.96. The number of rotatable bonds is 6. The van der Waals surface area contributed by atoms with E-state index in [4.69, 9.17) is 9.47 Å². The van der Waals surface area contributed by atoms with E-state index < -0.39 is 5.41 Å². The highest BCUT2D eigenvalue weighted by Gasteiger charge is 2.36. The van der Waals surface area contributed by atoms with Gasteiger partial charge in [0.25, 0.3) is 0 Å². The number of likely N-dealkylation sites (tertiary alicyclic amines) is 2. The Labute approximate surface area is 283 Å². The third kappa shape index (κ3) is 12.8. The van der Waals surface area contributed by atoms with Crippen LogP contribution in [0, 0.1) is 10.8 Å². The number of hydrogen-bond donors (Lipinski definition) is 2. The van der Waals surface area contributed by atoms with Gasteiger partial charge in [-0.2, -0.15) is 0 Å². The molecule has 0 amide bonds. The molecular formula is C35H55Cl2N3O5. The molecule has 5 rings (SSSR count). The molecule has 3 saturated heterocycles. The third-order valence-corrected chi connectivity index (χ3v) is 7.94. The van der Waals surface area contributed by atoms with Crippen LogP contribution in [0.2, 0.25) is 0 Å². The van der Waals surface area contributed by atoms with E-state index in [0.717, 1.165) is 39.3 Å². The first-order valence-electron chi connectivity index (χ1n) is 15.5. The van der Waals surface area contributed by atoms with Gasteiger partial charge < -0.3 is 19.9 Å². The number of hydrogen-bond acceptors (Lipinski definition) is 8. The quantitative estimate of drug-likeness (QED) is 0.372. The second-order valence-electron chi connectivity index (χ2n) is 13.9. The monoisotopic (exact) mass is 667 g/mol. The summed E-state index contributed by atoms with van der Waals surface area (Å²) in [6.45, 7) is 20.5. The van der Waals surface area contributed by atoms with Crippen molar-refractivity contribution in [3.63, 3.8) is 0 Å². The Bertz CT molecular complexity index is 1140. The van der Waals surface area contributed by atoms with Crippen molar-refractivity contribution >= 4 is 36.8 Å². The molecule has 0 aromatic heterocycles. The highest BCUT2D eigenvalue weighted by molar-refractivity contribution is 5.85. The standard InChI is InChI=1S/C16H23NO2.C11H15NO.C8H15NO2.2ClH/c1-12(13-8-6-5-7-9-13)17-10-14(11-17)19-15(18)16(2,3)4;1-9(12-7-11(13)8-12)10-5-3-2-4-6-10;1-8(2,3)7(10)11-6-4-9-5-6;;/h5-9,12,14H,10-11H2,1-4H3;2-6,9,11,13H,7-8H2,1H3;6,9H,4-5H2,1-3H3;2*1H. The van der Waals surface area contributed by atoms with E-state index in [1.165, 1.54) is 11.1 Å². The van der Waals surface area contributed by atoms with Gasteiger partial charge in [0.15, 0.2) is 0 Å². The van der Waals surface area contributed by atoms with Gasteiger partial charge in [0.1, 0.15) is 12.2 Å². The summed E-state index contributed by atoms with van der Waals surface area (Å²) in [6, 6.07) is 21.6. The van der Waals surface area contributed by atoms with E-state index in [1.54, 1.807) is 0 Å². The maximum Gasteiger partial charge on any atom is 0.311 e. The topological polar surface area (TPSA) is 91.3 Å². The fraction of sp³-hybridized carbons (Fsp3) is 0.600. The van der Waals surface area contributed by atoms with Crippen LogP contribution in [-0.2, 0) is 19.1 Å². The number of esters is 2. The van der Waals surface area contributed by atoms with Crippen molar-refractivity contribution in [2.45, 2.75) is 85.8 Å². The Morgan fingerprint density at radius 2 is 1.04 bits per heavy atom. The van der Waals surface area contributed by atoms with Crippen LogP contribution in [0.25, 0.3) is 0 Å². The van der Waals surface area contributed by atoms with Gasteiger partial charge in [-0.25, -0.2) is 0 Å². The molecule has 3 fully saturated rings. The minimum absolute atomic E-state index is 0. The molecule has 2 N–H and O–H groups in total. The Morgan fingerprint density at radius 3 is 1.36 bits per heavy atom. The highest BCUT2D eigenvalue weighted by Crippen LogP contribution is 2.28. The van der Waals surface area contributed by atoms with Crippen LogP contribution < -0.4 is 5.32 Å². The van der Waals surface area contributed by atoms with Gasteiger partial charge in [0.2, 0.25) is 0 Å². The Morgan fingerprint density at radius 1 is 0.689 bits per heavy atom. The van der Waals surface area contributed by atoms with Gasteiger partial charge in [-0.1, -0.05) is 60.7 Å². The number of nitrogens with zero attached hydrogens (tertiary/aromatic N) is 2. The van der Waals surface area contributed by atoms with Crippen LogP contribution >= 0.6 is 24.8 Å². The van der Waals surface area contributed by atoms with Gasteiger partial charge >= 0.3 is 11.9 Å². The van der Waals surface area contributed by atoms with E-state index in [-0.39, 0.29) is 60.5 Å². The Balaban J connectivity index is 0.000000344. The van der Waals surface area contributed by atoms with Gasteiger partial charge in [-0.15, -0.1) is 24.8 Å². The Kier molecular flexibility index (Phi) is 16.5. The van der Waals surface area contributed by atoms with Gasteiger partial charge in [0.05, 0.1) is 16.9 Å². The zero-order valence-electron chi connectivity index (χ0n) is 28.2. The lowest BCUT2D eigenvalue weighted by Gasteiger charge is -2.43. The first-order valence-corrected chi connectivity index (χ1v) is 15.5. The fourth-order valence-electron chi connectivity index (χ4n) is 4.55. The van der Waals surface area contributed by atoms with Crippen molar-refractivity contribution in [2.75, 3.05) is 39.3 Å². The van der Waals surface area contributed by atoms with Gasteiger partial charge in [-0.3, -0.25) is 19.4 Å². The van der Waals surface area contributed by atoms with Crippen LogP contribution in [-0.4, -0.2) is 84.4 Å². The third-order valence-electron chi connectivity index (χ3n) is 7.94. The van der Waals surface area contributed by atoms with Gasteiger partial charge in [0, 0.05) is 51.4 Å². The molecular weight excluding hydrogens is 613 g/mol. The molecule has 3 aliphatic heterocycles. The van der Waals surface area contributed by atoms with Crippen molar-refractivity contribution in [1.29, 1.82) is 0 Å². The second kappa shape index (κ2) is 18.2. The molecule has 3 heterocycles. The van der Waals surface area contributed by atoms with E-state index in [9.17, 15) is 14.7 Å². The smallest absolute Gasteiger partial charge is 0.311 e. The van der Waals surface area contributed by atoms with E-state index in [0.29, 0.717) is 12.1 Å². The molecule has 2 aromatic carbocycles. The summed E-state index contributed by atoms with van der Waals surface area (Å²) >= 11 is 0. The van der Waals surface area contributed by atoms with Crippen LogP contribution in [0.1, 0.15) is 78.6 Å². The molecule has 0 radical (unpaired) electrons. The lowest BCUT2D eigenvalue weighted by molar-refractivity contribution is -0.168. The number of aliphatic hydroxyl groups excluding tert-OH is 1. The molecule has 254 valence electrons. The summed E-state index contributed by atoms with van der Waals surface area (Å²) in [5.74, 6) is -0.214. The Hall–Kier alpha value is -2.20. The lowest BCUT2D eigenvalue weighted by Crippen LogP contribution is -2.54. The second-order valence-corrected chi connectivity index (χ2v) is 13.9. The molecule has 0 bridgehead atoms. The van der Waals surface area contributed by atoms with Crippen molar-refractivity contribution in [3.05, 3.63) is 71.8 Å². The van der Waals surface area contributed by atoms with Crippen molar-refractivity contribution < 1.29 is 24.2 Å². The van der Waals surface area contributed by atoms with E-state index in [2.05, 4.69) is 77.5 Å². The molecule has 3 aliphatic rings. The normalized spacial score (nSPS) is 18.7. The van der Waals surface area contributed by atoms with Crippen molar-refractivity contribution in [1.82, 2.24) is 15.1 Å². The summed E-state index contributed by atoms with van der Waals surface area (Å²) in [5.41, 5.74) is 1.86. The number of aliphatic hydroxyl groups is 1.